The first-order chi connectivity index (χ1) is 11.2. The highest BCUT2D eigenvalue weighted by molar-refractivity contribution is 9.11. The largest absolute Gasteiger partial charge is 0.298 e. The lowest BCUT2D eigenvalue weighted by atomic mass is 9.96. The summed E-state index contributed by atoms with van der Waals surface area (Å²) in [5, 5.41) is 2.31. The summed E-state index contributed by atoms with van der Waals surface area (Å²) in [6, 6.07) is 21.5. The van der Waals surface area contributed by atoms with Gasteiger partial charge in [0.15, 0.2) is 0 Å². The van der Waals surface area contributed by atoms with Crippen LogP contribution in [0.2, 0.25) is 0 Å². The van der Waals surface area contributed by atoms with E-state index in [1.165, 1.54) is 11.1 Å². The topological polar surface area (TPSA) is 29.0 Å². The van der Waals surface area contributed by atoms with Gasteiger partial charge in [-0.3, -0.25) is 5.32 Å². The Hall–Kier alpha value is -1.36. The number of rotatable bonds is 5. The highest BCUT2D eigenvalue weighted by atomic mass is 79.9. The van der Waals surface area contributed by atoms with Gasteiger partial charge in [-0.1, -0.05) is 78.5 Å². The van der Waals surface area contributed by atoms with Crippen molar-refractivity contribution in [2.75, 3.05) is 5.75 Å². The third kappa shape index (κ3) is 4.14. The van der Waals surface area contributed by atoms with Gasteiger partial charge in [-0.25, -0.2) is 4.99 Å². The molecule has 0 aromatic heterocycles. The summed E-state index contributed by atoms with van der Waals surface area (Å²) in [5.41, 5.74) is 3.68. The third-order valence-electron chi connectivity index (χ3n) is 3.85. The van der Waals surface area contributed by atoms with Crippen molar-refractivity contribution < 1.29 is 5.32 Å². The van der Waals surface area contributed by atoms with Crippen LogP contribution in [0.1, 0.15) is 23.6 Å². The van der Waals surface area contributed by atoms with Crippen molar-refractivity contribution in [2.24, 2.45) is 4.99 Å². The summed E-state index contributed by atoms with van der Waals surface area (Å²) in [6.07, 6.45) is 2.85. The quantitative estimate of drug-likeness (QED) is 0.466. The SMILES string of the molecule is C=CCS[C@@]1(Br)N=C(c2ccccc2)C[C@H](c2ccccc2)[NH2+]1. The molecule has 2 aromatic carbocycles. The minimum absolute atomic E-state index is 0.348. The molecule has 1 aliphatic rings. The smallest absolute Gasteiger partial charge is 0.294 e. The van der Waals surface area contributed by atoms with E-state index in [0.717, 1.165) is 17.9 Å². The molecule has 0 spiro atoms. The van der Waals surface area contributed by atoms with Gasteiger partial charge in [0.1, 0.15) is 6.04 Å². The van der Waals surface area contributed by atoms with Crippen molar-refractivity contribution in [2.45, 2.75) is 16.4 Å². The standard InChI is InChI=1S/C19H19BrN2S/c1-2-13-23-19(20)21-17(15-9-5-3-6-10-15)14-18(22-19)16-11-7-4-8-12-16/h2-12,17,21H,1,13-14H2/p+1/t17-,19-/m1/s1. The molecule has 1 heterocycles. The van der Waals surface area contributed by atoms with Crippen molar-refractivity contribution in [3.63, 3.8) is 0 Å². The molecular weight excluding hydrogens is 368 g/mol. The number of halogens is 1. The molecule has 0 radical (unpaired) electrons. The molecule has 2 atom stereocenters. The monoisotopic (exact) mass is 387 g/mol. The predicted octanol–water partition coefficient (Wildman–Crippen LogP) is 4.11. The molecule has 0 amide bonds. The average molecular weight is 388 g/mol. The Balaban J connectivity index is 1.95. The van der Waals surface area contributed by atoms with E-state index in [1.807, 2.05) is 12.1 Å². The van der Waals surface area contributed by atoms with E-state index in [-0.39, 0.29) is 0 Å². The maximum atomic E-state index is 4.99. The molecule has 2 nitrogen and oxygen atoms in total. The van der Waals surface area contributed by atoms with Gasteiger partial charge >= 0.3 is 0 Å². The lowest BCUT2D eigenvalue weighted by molar-refractivity contribution is -0.717. The molecule has 0 bridgehead atoms. The van der Waals surface area contributed by atoms with E-state index >= 15 is 0 Å². The minimum atomic E-state index is -0.398. The van der Waals surface area contributed by atoms with E-state index in [1.54, 1.807) is 11.8 Å². The van der Waals surface area contributed by atoms with Gasteiger partial charge in [-0.2, -0.15) is 0 Å². The Labute approximate surface area is 150 Å². The van der Waals surface area contributed by atoms with Crippen LogP contribution in [-0.2, 0) is 0 Å². The fourth-order valence-electron chi connectivity index (χ4n) is 2.77. The molecular formula is C19H20BrN2S+. The Kier molecular flexibility index (Phi) is 5.36. The molecule has 0 fully saturated rings. The summed E-state index contributed by atoms with van der Waals surface area (Å²) in [4.78, 5) is 4.99. The van der Waals surface area contributed by atoms with E-state index in [4.69, 9.17) is 4.99 Å². The number of quaternary nitrogens is 1. The van der Waals surface area contributed by atoms with Gasteiger partial charge in [0.25, 0.3) is 3.90 Å². The lowest BCUT2D eigenvalue weighted by Gasteiger charge is -2.32. The van der Waals surface area contributed by atoms with Crippen LogP contribution in [0.25, 0.3) is 0 Å². The van der Waals surface area contributed by atoms with Gasteiger partial charge in [0, 0.05) is 33.7 Å². The second-order valence-electron chi connectivity index (χ2n) is 5.52. The van der Waals surface area contributed by atoms with Crippen LogP contribution in [-0.4, -0.2) is 15.4 Å². The fourth-order valence-corrected chi connectivity index (χ4v) is 4.48. The van der Waals surface area contributed by atoms with Crippen LogP contribution in [0.15, 0.2) is 78.3 Å². The summed E-state index contributed by atoms with van der Waals surface area (Å²) in [5.74, 6) is 0.856. The van der Waals surface area contributed by atoms with Crippen molar-refractivity contribution in [1.82, 2.24) is 0 Å². The van der Waals surface area contributed by atoms with Gasteiger partial charge in [-0.05, 0) is 5.56 Å². The molecule has 3 rings (SSSR count). The summed E-state index contributed by atoms with van der Waals surface area (Å²) in [6.45, 7) is 3.83. The number of benzene rings is 2. The van der Waals surface area contributed by atoms with Gasteiger partial charge in [0.05, 0.1) is 5.71 Å². The van der Waals surface area contributed by atoms with E-state index in [9.17, 15) is 0 Å². The first-order valence-corrected chi connectivity index (χ1v) is 9.47. The van der Waals surface area contributed by atoms with Crippen LogP contribution in [0, 0.1) is 0 Å². The van der Waals surface area contributed by atoms with Crippen molar-refractivity contribution in [1.29, 1.82) is 0 Å². The highest BCUT2D eigenvalue weighted by Gasteiger charge is 2.39. The number of thioether (sulfide) groups is 1. The molecule has 2 N–H and O–H groups in total. The summed E-state index contributed by atoms with van der Waals surface area (Å²) < 4.78 is -0.398. The second kappa shape index (κ2) is 7.47. The number of aliphatic imine (C=N–C) groups is 1. The van der Waals surface area contributed by atoms with Gasteiger partial charge < -0.3 is 0 Å². The van der Waals surface area contributed by atoms with Gasteiger partial charge in [0.2, 0.25) is 0 Å². The molecule has 0 saturated carbocycles. The predicted molar refractivity (Wildman–Crippen MR) is 103 cm³/mol. The van der Waals surface area contributed by atoms with E-state index in [2.05, 4.69) is 82.4 Å². The lowest BCUT2D eigenvalue weighted by Crippen LogP contribution is -2.95. The molecule has 4 heteroatoms. The second-order valence-corrected chi connectivity index (χ2v) is 8.50. The molecule has 118 valence electrons. The molecule has 1 aliphatic heterocycles. The Morgan fingerprint density at radius 1 is 1.17 bits per heavy atom. The number of hydrogen-bond donors (Lipinski definition) is 1. The molecule has 2 aromatic rings. The Morgan fingerprint density at radius 3 is 2.48 bits per heavy atom. The number of hydrogen-bond acceptors (Lipinski definition) is 2. The first-order valence-electron chi connectivity index (χ1n) is 7.69. The van der Waals surface area contributed by atoms with E-state index < -0.39 is 3.90 Å². The zero-order valence-electron chi connectivity index (χ0n) is 12.9. The number of nitrogens with two attached hydrogens (primary N) is 1. The number of alkyl halides is 1. The van der Waals surface area contributed by atoms with Crippen LogP contribution >= 0.6 is 27.7 Å². The Bertz CT molecular complexity index is 687. The van der Waals surface area contributed by atoms with E-state index in [0.29, 0.717) is 6.04 Å². The molecule has 0 aliphatic carbocycles. The third-order valence-corrected chi connectivity index (χ3v) is 6.01. The molecule has 0 saturated heterocycles. The maximum absolute atomic E-state index is 4.99. The summed E-state index contributed by atoms with van der Waals surface area (Å²) >= 11 is 5.60. The summed E-state index contributed by atoms with van der Waals surface area (Å²) in [7, 11) is 0. The highest BCUT2D eigenvalue weighted by Crippen LogP contribution is 2.33. The number of nitrogens with zero attached hydrogens (tertiary/aromatic N) is 1. The van der Waals surface area contributed by atoms with Crippen LogP contribution < -0.4 is 5.32 Å². The van der Waals surface area contributed by atoms with Crippen molar-refractivity contribution >= 4 is 33.4 Å². The van der Waals surface area contributed by atoms with Crippen LogP contribution in [0.4, 0.5) is 0 Å². The average Bonchev–Trinajstić information content (AvgIpc) is 2.61. The fraction of sp³-hybridized carbons (Fsp3) is 0.211. The normalized spacial score (nSPS) is 24.0. The zero-order valence-corrected chi connectivity index (χ0v) is 15.3. The first kappa shape index (κ1) is 16.5. The van der Waals surface area contributed by atoms with Crippen molar-refractivity contribution in [3.05, 3.63) is 84.4 Å². The maximum Gasteiger partial charge on any atom is 0.294 e. The minimum Gasteiger partial charge on any atom is -0.298 e. The zero-order chi connectivity index (χ0) is 16.1. The Morgan fingerprint density at radius 2 is 1.83 bits per heavy atom. The van der Waals surface area contributed by atoms with Crippen LogP contribution in [0.5, 0.6) is 0 Å². The van der Waals surface area contributed by atoms with Crippen LogP contribution in [0.3, 0.4) is 0 Å². The van der Waals surface area contributed by atoms with Gasteiger partial charge in [-0.15, -0.1) is 6.58 Å². The molecule has 23 heavy (non-hydrogen) atoms. The van der Waals surface area contributed by atoms with Crippen molar-refractivity contribution in [3.8, 4) is 0 Å². The molecule has 0 unspecified atom stereocenters.